The molecule has 0 radical (unpaired) electrons. The van der Waals surface area contributed by atoms with Crippen LogP contribution in [-0.4, -0.2) is 37.1 Å². The van der Waals surface area contributed by atoms with Crippen molar-refractivity contribution in [3.05, 3.63) is 71.8 Å². The number of benzene rings is 2. The van der Waals surface area contributed by atoms with Crippen LogP contribution in [0.4, 0.5) is 0 Å². The zero-order valence-electron chi connectivity index (χ0n) is 18.1. The van der Waals surface area contributed by atoms with Crippen LogP contribution in [0.3, 0.4) is 0 Å². The molecule has 29 heavy (non-hydrogen) atoms. The molecule has 1 saturated carbocycles. The highest BCUT2D eigenvalue weighted by atomic mass is 16.6. The maximum atomic E-state index is 13.7. The predicted octanol–water partition coefficient (Wildman–Crippen LogP) is 5.65. The molecule has 0 saturated heterocycles. The minimum absolute atomic E-state index is 0.110. The average Bonchev–Trinajstić information content (AvgIpc) is 2.71. The Hall–Kier alpha value is -2.13. The first-order valence-corrected chi connectivity index (χ1v) is 11.0. The van der Waals surface area contributed by atoms with Crippen molar-refractivity contribution in [3.8, 4) is 0 Å². The van der Waals surface area contributed by atoms with Crippen LogP contribution in [0, 0.1) is 5.92 Å². The molecule has 2 aromatic rings. The largest absolute Gasteiger partial charge is 0.458 e. The van der Waals surface area contributed by atoms with Gasteiger partial charge in [-0.15, -0.1) is 0 Å². The van der Waals surface area contributed by atoms with Crippen molar-refractivity contribution in [1.29, 1.82) is 0 Å². The van der Waals surface area contributed by atoms with E-state index in [-0.39, 0.29) is 17.5 Å². The molecule has 0 bridgehead atoms. The van der Waals surface area contributed by atoms with Crippen LogP contribution >= 0.6 is 0 Å². The smallest absolute Gasteiger partial charge is 0.318 e. The second kappa shape index (κ2) is 10.1. The number of hydrogen-bond acceptors (Lipinski definition) is 3. The van der Waals surface area contributed by atoms with Gasteiger partial charge in [-0.05, 0) is 50.9 Å². The molecule has 0 N–H and O–H groups in total. The lowest BCUT2D eigenvalue weighted by Gasteiger charge is -2.45. The summed E-state index contributed by atoms with van der Waals surface area (Å²) in [7, 11) is 4.23. The van der Waals surface area contributed by atoms with Crippen LogP contribution in [-0.2, 0) is 9.53 Å². The molecule has 2 aromatic carbocycles. The fourth-order valence-corrected chi connectivity index (χ4v) is 4.93. The van der Waals surface area contributed by atoms with Crippen molar-refractivity contribution < 1.29 is 9.53 Å². The summed E-state index contributed by atoms with van der Waals surface area (Å²) in [5.41, 5.74) is 1.64. The van der Waals surface area contributed by atoms with Gasteiger partial charge in [0.2, 0.25) is 0 Å². The molecule has 2 atom stereocenters. The molecular weight excluding hydrogens is 358 g/mol. The van der Waals surface area contributed by atoms with Gasteiger partial charge in [-0.1, -0.05) is 80.4 Å². The number of carbonyl (C=O) groups is 1. The lowest BCUT2D eigenvalue weighted by atomic mass is 9.72. The Morgan fingerprint density at radius 3 is 2.14 bits per heavy atom. The highest BCUT2D eigenvalue weighted by Gasteiger charge is 2.44. The van der Waals surface area contributed by atoms with Gasteiger partial charge in [0.25, 0.3) is 0 Å². The Morgan fingerprint density at radius 1 is 1.03 bits per heavy atom. The standard InChI is InChI=1S/C26H35NO2/c1-4-18-26(19-12-11-17-23(26)20-27(2)3)29-25(28)24(21-13-7-5-8-14-21)22-15-9-6-10-16-22/h5-10,13-16,23-24H,4,11-12,17-20H2,1-3H3. The zero-order chi connectivity index (χ0) is 20.7. The number of ether oxygens (including phenoxy) is 1. The van der Waals surface area contributed by atoms with E-state index in [4.69, 9.17) is 4.74 Å². The molecule has 0 spiro atoms. The normalized spacial score (nSPS) is 22.0. The van der Waals surface area contributed by atoms with Gasteiger partial charge in [-0.25, -0.2) is 0 Å². The van der Waals surface area contributed by atoms with Crippen LogP contribution in [0.1, 0.15) is 62.5 Å². The number of hydrogen-bond donors (Lipinski definition) is 0. The Labute approximate surface area is 176 Å². The summed E-state index contributed by atoms with van der Waals surface area (Å²) >= 11 is 0. The van der Waals surface area contributed by atoms with Crippen molar-refractivity contribution in [2.24, 2.45) is 5.92 Å². The first-order chi connectivity index (χ1) is 14.1. The predicted molar refractivity (Wildman–Crippen MR) is 119 cm³/mol. The van der Waals surface area contributed by atoms with Gasteiger partial charge < -0.3 is 9.64 Å². The third kappa shape index (κ3) is 5.27. The zero-order valence-corrected chi connectivity index (χ0v) is 18.1. The number of nitrogens with zero attached hydrogens (tertiary/aromatic N) is 1. The Kier molecular flexibility index (Phi) is 7.49. The molecule has 0 aliphatic heterocycles. The van der Waals surface area contributed by atoms with Gasteiger partial charge in [0.1, 0.15) is 11.5 Å². The van der Waals surface area contributed by atoms with Crippen LogP contribution in [0.15, 0.2) is 60.7 Å². The summed E-state index contributed by atoms with van der Waals surface area (Å²) in [6.45, 7) is 3.16. The molecule has 0 amide bonds. The third-order valence-corrected chi connectivity index (χ3v) is 6.21. The third-order valence-electron chi connectivity index (χ3n) is 6.21. The first-order valence-electron chi connectivity index (χ1n) is 11.0. The molecule has 3 heteroatoms. The van der Waals surface area contributed by atoms with Crippen molar-refractivity contribution in [2.45, 2.75) is 57.0 Å². The van der Waals surface area contributed by atoms with E-state index in [9.17, 15) is 4.79 Å². The van der Waals surface area contributed by atoms with E-state index in [0.717, 1.165) is 49.8 Å². The van der Waals surface area contributed by atoms with E-state index in [1.54, 1.807) is 0 Å². The molecule has 3 nitrogen and oxygen atoms in total. The molecule has 0 heterocycles. The van der Waals surface area contributed by atoms with Crippen molar-refractivity contribution >= 4 is 5.97 Å². The quantitative estimate of drug-likeness (QED) is 0.543. The highest BCUT2D eigenvalue weighted by molar-refractivity contribution is 5.82. The summed E-state index contributed by atoms with van der Waals surface area (Å²) in [5.74, 6) is -0.100. The Morgan fingerprint density at radius 2 is 1.62 bits per heavy atom. The molecular formula is C26H35NO2. The van der Waals surface area contributed by atoms with E-state index in [2.05, 4.69) is 25.9 Å². The summed E-state index contributed by atoms with van der Waals surface area (Å²) in [4.78, 5) is 15.9. The van der Waals surface area contributed by atoms with Crippen LogP contribution in [0.25, 0.3) is 0 Å². The van der Waals surface area contributed by atoms with E-state index >= 15 is 0 Å². The Bertz CT molecular complexity index is 715. The van der Waals surface area contributed by atoms with Crippen LogP contribution < -0.4 is 0 Å². The summed E-state index contributed by atoms with van der Waals surface area (Å²) < 4.78 is 6.54. The van der Waals surface area contributed by atoms with Crippen molar-refractivity contribution in [2.75, 3.05) is 20.6 Å². The Balaban J connectivity index is 1.93. The maximum absolute atomic E-state index is 13.7. The van der Waals surface area contributed by atoms with Gasteiger partial charge >= 0.3 is 5.97 Å². The fourth-order valence-electron chi connectivity index (χ4n) is 4.93. The SMILES string of the molecule is CCCC1(OC(=O)C(c2ccccc2)c2ccccc2)CCCCC1CN(C)C. The van der Waals surface area contributed by atoms with Gasteiger partial charge in [0, 0.05) is 12.5 Å². The van der Waals surface area contributed by atoms with Gasteiger partial charge in [-0.2, -0.15) is 0 Å². The topological polar surface area (TPSA) is 29.5 Å². The molecule has 1 aliphatic rings. The minimum Gasteiger partial charge on any atom is -0.458 e. The molecule has 3 rings (SSSR count). The number of rotatable bonds is 8. The molecule has 1 aliphatic carbocycles. The van der Waals surface area contributed by atoms with E-state index < -0.39 is 0 Å². The maximum Gasteiger partial charge on any atom is 0.318 e. The average molecular weight is 394 g/mol. The van der Waals surface area contributed by atoms with Crippen molar-refractivity contribution in [1.82, 2.24) is 4.90 Å². The summed E-state index contributed by atoms with van der Waals surface area (Å²) in [5, 5.41) is 0. The van der Waals surface area contributed by atoms with Gasteiger partial charge in [-0.3, -0.25) is 4.79 Å². The molecule has 0 aromatic heterocycles. The lowest BCUT2D eigenvalue weighted by molar-refractivity contribution is -0.174. The fraction of sp³-hybridized carbons (Fsp3) is 0.500. The van der Waals surface area contributed by atoms with Gasteiger partial charge in [0.15, 0.2) is 0 Å². The second-order valence-corrected chi connectivity index (χ2v) is 8.70. The van der Waals surface area contributed by atoms with Crippen LogP contribution in [0.5, 0.6) is 0 Å². The monoisotopic (exact) mass is 393 g/mol. The summed E-state index contributed by atoms with van der Waals surface area (Å²) in [6.07, 6.45) is 6.43. The summed E-state index contributed by atoms with van der Waals surface area (Å²) in [6, 6.07) is 20.1. The number of esters is 1. The van der Waals surface area contributed by atoms with E-state index in [1.165, 1.54) is 6.42 Å². The van der Waals surface area contributed by atoms with Gasteiger partial charge in [0.05, 0.1) is 0 Å². The second-order valence-electron chi connectivity index (χ2n) is 8.70. The van der Waals surface area contributed by atoms with Crippen LogP contribution in [0.2, 0.25) is 0 Å². The molecule has 2 unspecified atom stereocenters. The molecule has 1 fully saturated rings. The minimum atomic E-state index is -0.381. The molecule has 156 valence electrons. The van der Waals surface area contributed by atoms with E-state index in [0.29, 0.717) is 5.92 Å². The first kappa shape index (κ1) is 21.6. The number of carbonyl (C=O) groups excluding carboxylic acids is 1. The van der Waals surface area contributed by atoms with Crippen molar-refractivity contribution in [3.63, 3.8) is 0 Å². The lowest BCUT2D eigenvalue weighted by Crippen LogP contribution is -2.49. The van der Waals surface area contributed by atoms with E-state index in [1.807, 2.05) is 60.7 Å². The highest BCUT2D eigenvalue weighted by Crippen LogP contribution is 2.42.